The Balaban J connectivity index is 2.67. The highest BCUT2D eigenvalue weighted by Gasteiger charge is 2.10. The molecule has 1 unspecified atom stereocenters. The number of hydrogen-bond donors (Lipinski definition) is 1. The van der Waals surface area contributed by atoms with Gasteiger partial charge in [0.25, 0.3) is 0 Å². The highest BCUT2D eigenvalue weighted by atomic mass is 79.9. The van der Waals surface area contributed by atoms with Gasteiger partial charge >= 0.3 is 0 Å². The maximum atomic E-state index is 9.16. The third kappa shape index (κ3) is 4.47. The van der Waals surface area contributed by atoms with Crippen molar-refractivity contribution in [2.75, 3.05) is 27.2 Å². The summed E-state index contributed by atoms with van der Waals surface area (Å²) in [6.45, 7) is 3.76. The molecule has 0 aliphatic heterocycles. The quantitative estimate of drug-likeness (QED) is 0.907. The Hall–Kier alpha value is -0.890. The molecular formula is C13H18BrN3. The fourth-order valence-corrected chi connectivity index (χ4v) is 1.86. The minimum atomic E-state index is -0.244. The summed E-state index contributed by atoms with van der Waals surface area (Å²) in [5.74, 6) is 0. The largest absolute Gasteiger partial charge is 0.308 e. The lowest BCUT2D eigenvalue weighted by atomic mass is 10.1. The molecule has 0 saturated heterocycles. The fourth-order valence-electron chi connectivity index (χ4n) is 1.46. The lowest BCUT2D eigenvalue weighted by molar-refractivity contribution is 0.395. The Kier molecular flexibility index (Phi) is 5.63. The molecule has 1 N–H and O–H groups in total. The Morgan fingerprint density at radius 2 is 2.18 bits per heavy atom. The van der Waals surface area contributed by atoms with E-state index in [4.69, 9.17) is 5.26 Å². The average molecular weight is 296 g/mol. The first-order valence-corrected chi connectivity index (χ1v) is 6.37. The van der Waals surface area contributed by atoms with Crippen LogP contribution in [0, 0.1) is 18.3 Å². The molecule has 3 nitrogen and oxygen atoms in total. The van der Waals surface area contributed by atoms with Gasteiger partial charge in [0.15, 0.2) is 0 Å². The fraction of sp³-hybridized carbons (Fsp3) is 0.462. The van der Waals surface area contributed by atoms with Gasteiger partial charge < -0.3 is 4.90 Å². The highest BCUT2D eigenvalue weighted by Crippen LogP contribution is 2.21. The lowest BCUT2D eigenvalue weighted by Gasteiger charge is -2.15. The first-order chi connectivity index (χ1) is 8.04. The summed E-state index contributed by atoms with van der Waals surface area (Å²) in [5.41, 5.74) is 2.18. The van der Waals surface area contributed by atoms with Crippen LogP contribution in [0.2, 0.25) is 0 Å². The van der Waals surface area contributed by atoms with Crippen LogP contribution in [0.25, 0.3) is 0 Å². The van der Waals surface area contributed by atoms with E-state index >= 15 is 0 Å². The van der Waals surface area contributed by atoms with Gasteiger partial charge in [-0.2, -0.15) is 5.26 Å². The van der Waals surface area contributed by atoms with Crippen molar-refractivity contribution < 1.29 is 0 Å². The summed E-state index contributed by atoms with van der Waals surface area (Å²) in [5, 5.41) is 12.4. The Morgan fingerprint density at radius 1 is 1.47 bits per heavy atom. The van der Waals surface area contributed by atoms with E-state index in [1.807, 2.05) is 39.2 Å². The standard InChI is InChI=1S/C13H18BrN3/c1-10-4-5-11(8-12(10)14)13(9-15)16-6-7-17(2)3/h4-5,8,13,16H,6-7H2,1-3H3. The summed E-state index contributed by atoms with van der Waals surface area (Å²) in [6, 6.07) is 8.07. The van der Waals surface area contributed by atoms with E-state index in [1.54, 1.807) is 0 Å². The number of nitrogens with zero attached hydrogens (tertiary/aromatic N) is 2. The molecule has 0 aliphatic carbocycles. The van der Waals surface area contributed by atoms with Crippen molar-refractivity contribution in [3.05, 3.63) is 33.8 Å². The monoisotopic (exact) mass is 295 g/mol. The normalized spacial score (nSPS) is 12.5. The number of benzene rings is 1. The zero-order valence-corrected chi connectivity index (χ0v) is 12.1. The topological polar surface area (TPSA) is 39.1 Å². The van der Waals surface area contributed by atoms with Crippen molar-refractivity contribution >= 4 is 15.9 Å². The average Bonchev–Trinajstić information content (AvgIpc) is 2.28. The van der Waals surface area contributed by atoms with Gasteiger partial charge in [-0.1, -0.05) is 28.1 Å². The van der Waals surface area contributed by atoms with Gasteiger partial charge in [0.05, 0.1) is 6.07 Å². The third-order valence-electron chi connectivity index (χ3n) is 2.57. The van der Waals surface area contributed by atoms with E-state index in [-0.39, 0.29) is 6.04 Å². The minimum absolute atomic E-state index is 0.244. The van der Waals surface area contributed by atoms with Crippen LogP contribution < -0.4 is 5.32 Å². The molecule has 0 bridgehead atoms. The molecule has 0 heterocycles. The maximum absolute atomic E-state index is 9.16. The van der Waals surface area contributed by atoms with Crippen LogP contribution in [-0.4, -0.2) is 32.1 Å². The van der Waals surface area contributed by atoms with E-state index in [2.05, 4.69) is 32.2 Å². The van der Waals surface area contributed by atoms with Crippen molar-refractivity contribution in [1.29, 1.82) is 5.26 Å². The molecule has 0 fully saturated rings. The number of rotatable bonds is 5. The van der Waals surface area contributed by atoms with E-state index in [9.17, 15) is 0 Å². The SMILES string of the molecule is Cc1ccc(C(C#N)NCCN(C)C)cc1Br. The van der Waals surface area contributed by atoms with Gasteiger partial charge in [0.1, 0.15) is 6.04 Å². The molecule has 1 rings (SSSR count). The van der Waals surface area contributed by atoms with E-state index < -0.39 is 0 Å². The zero-order valence-electron chi connectivity index (χ0n) is 10.5. The molecule has 17 heavy (non-hydrogen) atoms. The first kappa shape index (κ1) is 14.2. The predicted molar refractivity (Wildman–Crippen MR) is 73.8 cm³/mol. The van der Waals surface area contributed by atoms with E-state index in [0.717, 1.165) is 23.1 Å². The van der Waals surface area contributed by atoms with Crippen LogP contribution in [-0.2, 0) is 0 Å². The van der Waals surface area contributed by atoms with Gasteiger partial charge in [0, 0.05) is 17.6 Å². The lowest BCUT2D eigenvalue weighted by Crippen LogP contribution is -2.29. The second-order valence-electron chi connectivity index (χ2n) is 4.33. The van der Waals surface area contributed by atoms with Crippen LogP contribution in [0.4, 0.5) is 0 Å². The molecule has 4 heteroatoms. The molecule has 0 spiro atoms. The molecule has 0 aromatic heterocycles. The van der Waals surface area contributed by atoms with Crippen molar-refractivity contribution in [3.8, 4) is 6.07 Å². The summed E-state index contributed by atoms with van der Waals surface area (Å²) in [6.07, 6.45) is 0. The summed E-state index contributed by atoms with van der Waals surface area (Å²) >= 11 is 3.49. The van der Waals surface area contributed by atoms with Gasteiger partial charge in [-0.05, 0) is 38.2 Å². The van der Waals surface area contributed by atoms with Crippen molar-refractivity contribution in [3.63, 3.8) is 0 Å². The molecule has 0 aliphatic rings. The van der Waals surface area contributed by atoms with Gasteiger partial charge in [0.2, 0.25) is 0 Å². The van der Waals surface area contributed by atoms with Crippen molar-refractivity contribution in [1.82, 2.24) is 10.2 Å². The zero-order chi connectivity index (χ0) is 12.8. The Morgan fingerprint density at radius 3 is 2.71 bits per heavy atom. The van der Waals surface area contributed by atoms with Crippen LogP contribution in [0.5, 0.6) is 0 Å². The van der Waals surface area contributed by atoms with Gasteiger partial charge in [-0.15, -0.1) is 0 Å². The smallest absolute Gasteiger partial charge is 0.121 e. The van der Waals surface area contributed by atoms with Crippen LogP contribution in [0.1, 0.15) is 17.2 Å². The third-order valence-corrected chi connectivity index (χ3v) is 3.42. The van der Waals surface area contributed by atoms with E-state index in [0.29, 0.717) is 0 Å². The van der Waals surface area contributed by atoms with Gasteiger partial charge in [-0.25, -0.2) is 0 Å². The molecule has 92 valence electrons. The summed E-state index contributed by atoms with van der Waals surface area (Å²) in [4.78, 5) is 2.09. The second-order valence-corrected chi connectivity index (χ2v) is 5.18. The molecule has 1 aromatic carbocycles. The first-order valence-electron chi connectivity index (χ1n) is 5.58. The van der Waals surface area contributed by atoms with Crippen LogP contribution >= 0.6 is 15.9 Å². The molecule has 0 amide bonds. The van der Waals surface area contributed by atoms with Gasteiger partial charge in [-0.3, -0.25) is 5.32 Å². The number of halogens is 1. The summed E-state index contributed by atoms with van der Waals surface area (Å²) in [7, 11) is 4.04. The maximum Gasteiger partial charge on any atom is 0.121 e. The summed E-state index contributed by atoms with van der Waals surface area (Å²) < 4.78 is 1.05. The van der Waals surface area contributed by atoms with Crippen molar-refractivity contribution in [2.45, 2.75) is 13.0 Å². The molecule has 0 radical (unpaired) electrons. The predicted octanol–water partition coefficient (Wildman–Crippen LogP) is 2.47. The number of nitriles is 1. The molecule has 1 atom stereocenters. The Bertz CT molecular complexity index is 410. The molecule has 0 saturated carbocycles. The van der Waals surface area contributed by atoms with Crippen LogP contribution in [0.15, 0.2) is 22.7 Å². The molecule has 1 aromatic rings. The number of nitrogens with one attached hydrogen (secondary N) is 1. The van der Waals surface area contributed by atoms with Crippen molar-refractivity contribution in [2.24, 2.45) is 0 Å². The van der Waals surface area contributed by atoms with E-state index in [1.165, 1.54) is 5.56 Å². The Labute approximate surface area is 112 Å². The second kappa shape index (κ2) is 6.75. The number of likely N-dealkylation sites (N-methyl/N-ethyl adjacent to an activating group) is 1. The van der Waals surface area contributed by atoms with Crippen LogP contribution in [0.3, 0.4) is 0 Å². The molecular weight excluding hydrogens is 278 g/mol. The highest BCUT2D eigenvalue weighted by molar-refractivity contribution is 9.10. The number of hydrogen-bond acceptors (Lipinski definition) is 3. The number of aryl methyl sites for hydroxylation is 1. The minimum Gasteiger partial charge on any atom is -0.308 e.